The molecule has 6 nitrogen and oxygen atoms in total. The lowest BCUT2D eigenvalue weighted by atomic mass is 9.90. The van der Waals surface area contributed by atoms with Gasteiger partial charge in [0.2, 0.25) is 0 Å². The largest absolute Gasteiger partial charge is 0.382 e. The Morgan fingerprint density at radius 3 is 2.89 bits per heavy atom. The van der Waals surface area contributed by atoms with Crippen LogP contribution in [0, 0.1) is 5.41 Å². The molecule has 0 amide bonds. The molecule has 3 N–H and O–H groups in total. The first-order chi connectivity index (χ1) is 9.25. The molecule has 1 aliphatic carbocycles. The van der Waals surface area contributed by atoms with Crippen LogP contribution < -0.4 is 10.6 Å². The third-order valence-corrected chi connectivity index (χ3v) is 3.94. The minimum atomic E-state index is -0.0448. The fraction of sp³-hybridized carbons (Fsp3) is 0.615. The average molecular weight is 261 g/mol. The van der Waals surface area contributed by atoms with Crippen molar-refractivity contribution in [1.82, 2.24) is 9.97 Å². The maximum atomic E-state index is 7.34. The standard InChI is InChI=1S/C13H19N5O/c14-13(15)9-7-17-12(8-16-9)18-5-6-19-11-4-2-1-3-10(11)18/h7-8,10-11H,1-6H2,(H3,14,15). The van der Waals surface area contributed by atoms with Crippen molar-refractivity contribution in [1.29, 1.82) is 5.41 Å². The van der Waals surface area contributed by atoms with Crippen LogP contribution in [0.4, 0.5) is 5.82 Å². The van der Waals surface area contributed by atoms with Gasteiger partial charge in [0.05, 0.1) is 31.1 Å². The van der Waals surface area contributed by atoms with Crippen molar-refractivity contribution in [2.45, 2.75) is 37.8 Å². The first-order valence-corrected chi connectivity index (χ1v) is 6.80. The number of nitrogen functional groups attached to an aromatic ring is 1. The first-order valence-electron chi connectivity index (χ1n) is 6.80. The topological polar surface area (TPSA) is 88.1 Å². The lowest BCUT2D eigenvalue weighted by molar-refractivity contribution is -0.00901. The predicted molar refractivity (Wildman–Crippen MR) is 72.4 cm³/mol. The number of ether oxygens (including phenoxy) is 1. The van der Waals surface area contributed by atoms with E-state index in [-0.39, 0.29) is 5.84 Å². The van der Waals surface area contributed by atoms with Gasteiger partial charge in [-0.2, -0.15) is 0 Å². The number of nitrogens with zero attached hydrogens (tertiary/aromatic N) is 3. The third-order valence-electron chi connectivity index (χ3n) is 3.94. The van der Waals surface area contributed by atoms with Gasteiger partial charge in [0, 0.05) is 6.54 Å². The van der Waals surface area contributed by atoms with Crippen LogP contribution in [0.15, 0.2) is 12.4 Å². The minimum Gasteiger partial charge on any atom is -0.382 e. The zero-order chi connectivity index (χ0) is 13.2. The van der Waals surface area contributed by atoms with Gasteiger partial charge in [-0.1, -0.05) is 12.8 Å². The second kappa shape index (κ2) is 5.13. The highest BCUT2D eigenvalue weighted by atomic mass is 16.5. The summed E-state index contributed by atoms with van der Waals surface area (Å²) in [6.07, 6.45) is 8.42. The lowest BCUT2D eigenvalue weighted by Gasteiger charge is -2.44. The zero-order valence-electron chi connectivity index (χ0n) is 10.9. The van der Waals surface area contributed by atoms with Crippen molar-refractivity contribution in [3.8, 4) is 0 Å². The summed E-state index contributed by atoms with van der Waals surface area (Å²) < 4.78 is 5.85. The van der Waals surface area contributed by atoms with E-state index < -0.39 is 0 Å². The molecule has 1 saturated heterocycles. The molecule has 2 heterocycles. The lowest BCUT2D eigenvalue weighted by Crippen LogP contribution is -2.53. The van der Waals surface area contributed by atoms with Gasteiger partial charge >= 0.3 is 0 Å². The molecule has 2 unspecified atom stereocenters. The Balaban J connectivity index is 1.81. The Hall–Kier alpha value is -1.69. The molecule has 2 aliphatic rings. The summed E-state index contributed by atoms with van der Waals surface area (Å²) in [5.74, 6) is 0.821. The van der Waals surface area contributed by atoms with Crippen LogP contribution in [0.3, 0.4) is 0 Å². The predicted octanol–water partition coefficient (Wildman–Crippen LogP) is 0.908. The Labute approximate surface area is 112 Å². The minimum absolute atomic E-state index is 0.0448. The number of fused-ring (bicyclic) bond motifs is 1. The molecular formula is C13H19N5O. The SMILES string of the molecule is N=C(N)c1cnc(N2CCOC3CCCCC32)cn1. The molecule has 1 aromatic rings. The Morgan fingerprint density at radius 1 is 1.32 bits per heavy atom. The highest BCUT2D eigenvalue weighted by Gasteiger charge is 2.34. The molecule has 6 heteroatoms. The fourth-order valence-corrected chi connectivity index (χ4v) is 2.99. The highest BCUT2D eigenvalue weighted by molar-refractivity contribution is 5.92. The maximum Gasteiger partial charge on any atom is 0.147 e. The van der Waals surface area contributed by atoms with Crippen LogP contribution in [0.2, 0.25) is 0 Å². The molecule has 1 aromatic heterocycles. The summed E-state index contributed by atoms with van der Waals surface area (Å²) in [6, 6.07) is 0.417. The van der Waals surface area contributed by atoms with E-state index in [9.17, 15) is 0 Å². The third kappa shape index (κ3) is 2.40. The molecule has 102 valence electrons. The number of rotatable bonds is 2. The molecule has 0 spiro atoms. The van der Waals surface area contributed by atoms with E-state index in [2.05, 4.69) is 14.9 Å². The van der Waals surface area contributed by atoms with E-state index in [1.807, 2.05) is 0 Å². The summed E-state index contributed by atoms with van der Waals surface area (Å²) >= 11 is 0. The number of nitrogens with one attached hydrogen (secondary N) is 1. The number of aromatic nitrogens is 2. The molecule has 0 bridgehead atoms. The fourth-order valence-electron chi connectivity index (χ4n) is 2.99. The summed E-state index contributed by atoms with van der Waals surface area (Å²) in [6.45, 7) is 1.60. The molecule has 2 atom stereocenters. The van der Waals surface area contributed by atoms with E-state index in [4.69, 9.17) is 15.9 Å². The van der Waals surface area contributed by atoms with Crippen LogP contribution in [-0.4, -0.2) is 41.1 Å². The normalized spacial score (nSPS) is 26.8. The number of amidine groups is 1. The van der Waals surface area contributed by atoms with Gasteiger partial charge in [0.25, 0.3) is 0 Å². The number of anilines is 1. The van der Waals surface area contributed by atoms with Gasteiger partial charge in [-0.25, -0.2) is 9.97 Å². The van der Waals surface area contributed by atoms with Crippen LogP contribution in [0.5, 0.6) is 0 Å². The summed E-state index contributed by atoms with van der Waals surface area (Å²) in [7, 11) is 0. The van der Waals surface area contributed by atoms with Crippen molar-refractivity contribution >= 4 is 11.7 Å². The van der Waals surface area contributed by atoms with E-state index in [1.54, 1.807) is 12.4 Å². The maximum absolute atomic E-state index is 7.34. The van der Waals surface area contributed by atoms with Gasteiger partial charge in [-0.3, -0.25) is 5.41 Å². The van der Waals surface area contributed by atoms with E-state index in [0.29, 0.717) is 17.8 Å². The second-order valence-corrected chi connectivity index (χ2v) is 5.13. The van der Waals surface area contributed by atoms with Gasteiger partial charge < -0.3 is 15.4 Å². The van der Waals surface area contributed by atoms with Crippen LogP contribution in [0.1, 0.15) is 31.4 Å². The number of morpholine rings is 1. The van der Waals surface area contributed by atoms with Gasteiger partial charge in [0.1, 0.15) is 17.3 Å². The Kier molecular flexibility index (Phi) is 3.33. The zero-order valence-corrected chi connectivity index (χ0v) is 10.9. The molecule has 19 heavy (non-hydrogen) atoms. The molecule has 0 aromatic carbocycles. The summed E-state index contributed by atoms with van der Waals surface area (Å²) in [5.41, 5.74) is 5.82. The number of hydrogen-bond acceptors (Lipinski definition) is 5. The average Bonchev–Trinajstić information content (AvgIpc) is 2.47. The van der Waals surface area contributed by atoms with Crippen molar-refractivity contribution in [3.05, 3.63) is 18.1 Å². The van der Waals surface area contributed by atoms with Crippen molar-refractivity contribution in [2.75, 3.05) is 18.1 Å². The van der Waals surface area contributed by atoms with E-state index in [0.717, 1.165) is 31.8 Å². The molecule has 1 saturated carbocycles. The quantitative estimate of drug-likeness (QED) is 0.610. The van der Waals surface area contributed by atoms with Crippen LogP contribution in [0.25, 0.3) is 0 Å². The monoisotopic (exact) mass is 261 g/mol. The number of nitrogens with two attached hydrogens (primary N) is 1. The Bertz CT molecular complexity index is 459. The van der Waals surface area contributed by atoms with Crippen molar-refractivity contribution in [3.63, 3.8) is 0 Å². The summed E-state index contributed by atoms with van der Waals surface area (Å²) in [5, 5.41) is 7.34. The number of hydrogen-bond donors (Lipinski definition) is 2. The van der Waals surface area contributed by atoms with E-state index >= 15 is 0 Å². The van der Waals surface area contributed by atoms with E-state index in [1.165, 1.54) is 12.8 Å². The first kappa shape index (κ1) is 12.3. The summed E-state index contributed by atoms with van der Waals surface area (Å²) in [4.78, 5) is 10.9. The molecule has 0 radical (unpaired) electrons. The van der Waals surface area contributed by atoms with Gasteiger partial charge in [0.15, 0.2) is 0 Å². The highest BCUT2D eigenvalue weighted by Crippen LogP contribution is 2.30. The Morgan fingerprint density at radius 2 is 2.16 bits per heavy atom. The second-order valence-electron chi connectivity index (χ2n) is 5.13. The molecule has 2 fully saturated rings. The molecule has 3 rings (SSSR count). The van der Waals surface area contributed by atoms with Crippen LogP contribution in [-0.2, 0) is 4.74 Å². The van der Waals surface area contributed by atoms with Crippen molar-refractivity contribution < 1.29 is 4.74 Å². The van der Waals surface area contributed by atoms with Crippen LogP contribution >= 0.6 is 0 Å². The molecule has 1 aliphatic heterocycles. The van der Waals surface area contributed by atoms with Gasteiger partial charge in [-0.05, 0) is 12.8 Å². The smallest absolute Gasteiger partial charge is 0.147 e. The van der Waals surface area contributed by atoms with Crippen molar-refractivity contribution in [2.24, 2.45) is 5.73 Å². The van der Waals surface area contributed by atoms with Gasteiger partial charge in [-0.15, -0.1) is 0 Å². The molecular weight excluding hydrogens is 242 g/mol.